The van der Waals surface area contributed by atoms with E-state index >= 15 is 0 Å². The van der Waals surface area contributed by atoms with Crippen LogP contribution in [0.15, 0.2) is 82.5 Å². The molecule has 0 saturated carbocycles. The normalized spacial score (nSPS) is 13.9. The molecule has 5 rings (SSSR count). The lowest BCUT2D eigenvalue weighted by molar-refractivity contribution is 0.0944. The first-order valence-corrected chi connectivity index (χ1v) is 10.4. The number of pyridine rings is 1. The molecule has 1 fully saturated rings. The first kappa shape index (κ1) is 20.0. The molecule has 0 spiro atoms. The molecule has 0 amide bonds. The first-order valence-electron chi connectivity index (χ1n) is 10.4. The predicted octanol–water partition coefficient (Wildman–Crippen LogP) is 2.88. The minimum Gasteiger partial charge on any atom is -0.467 e. The van der Waals surface area contributed by atoms with Gasteiger partial charge in [-0.3, -0.25) is 9.59 Å². The summed E-state index contributed by atoms with van der Waals surface area (Å²) < 4.78 is 13.6. The Hall–Kier alpha value is -3.91. The van der Waals surface area contributed by atoms with Gasteiger partial charge < -0.3 is 18.6 Å². The van der Waals surface area contributed by atoms with Gasteiger partial charge in [-0.15, -0.1) is 0 Å². The zero-order valence-electron chi connectivity index (χ0n) is 17.4. The van der Waals surface area contributed by atoms with E-state index in [9.17, 15) is 9.59 Å². The second-order valence-electron chi connectivity index (χ2n) is 7.50. The van der Waals surface area contributed by atoms with Crippen LogP contribution in [0.25, 0.3) is 11.3 Å². The molecule has 1 saturated heterocycles. The Balaban J connectivity index is 1.44. The maximum atomic E-state index is 13.3. The molecule has 1 aromatic carbocycles. The summed E-state index contributed by atoms with van der Waals surface area (Å²) >= 11 is 0. The van der Waals surface area contributed by atoms with Gasteiger partial charge in [-0.1, -0.05) is 12.1 Å². The quantitative estimate of drug-likeness (QED) is 0.484. The van der Waals surface area contributed by atoms with Gasteiger partial charge in [0.2, 0.25) is 0 Å². The van der Waals surface area contributed by atoms with Crippen molar-refractivity contribution in [2.45, 2.75) is 6.54 Å². The van der Waals surface area contributed by atoms with E-state index < -0.39 is 0 Å². The molecule has 1 aliphatic heterocycles. The van der Waals surface area contributed by atoms with Gasteiger partial charge in [0, 0.05) is 31.2 Å². The highest BCUT2D eigenvalue weighted by Crippen LogP contribution is 2.23. The van der Waals surface area contributed by atoms with Crippen LogP contribution in [0.5, 0.6) is 0 Å². The maximum absolute atomic E-state index is 13.3. The molecule has 8 heteroatoms. The minimum atomic E-state index is -0.245. The summed E-state index contributed by atoms with van der Waals surface area (Å²) in [6, 6.07) is 16.3. The summed E-state index contributed by atoms with van der Waals surface area (Å²) in [6.45, 7) is 3.05. The van der Waals surface area contributed by atoms with E-state index in [1.54, 1.807) is 53.6 Å². The number of nitrogens with zero attached hydrogens (tertiary/aromatic N) is 4. The lowest BCUT2D eigenvalue weighted by atomic mass is 10.1. The summed E-state index contributed by atoms with van der Waals surface area (Å²) in [5, 5.41) is 4.43. The van der Waals surface area contributed by atoms with Crippen LogP contribution < -0.4 is 10.5 Å². The minimum absolute atomic E-state index is 0.199. The van der Waals surface area contributed by atoms with E-state index in [0.717, 1.165) is 18.8 Å². The van der Waals surface area contributed by atoms with Gasteiger partial charge >= 0.3 is 0 Å². The maximum Gasteiger partial charge on any atom is 0.280 e. The van der Waals surface area contributed by atoms with Crippen molar-refractivity contribution < 1.29 is 13.9 Å². The van der Waals surface area contributed by atoms with E-state index in [1.165, 1.54) is 4.68 Å². The van der Waals surface area contributed by atoms with Crippen LogP contribution in [-0.2, 0) is 11.3 Å². The zero-order valence-corrected chi connectivity index (χ0v) is 17.4. The van der Waals surface area contributed by atoms with Crippen LogP contribution >= 0.6 is 0 Å². The van der Waals surface area contributed by atoms with Crippen LogP contribution in [-0.4, -0.2) is 46.6 Å². The number of furan rings is 1. The van der Waals surface area contributed by atoms with Crippen LogP contribution in [0.2, 0.25) is 0 Å². The number of para-hydroxylation sites is 1. The van der Waals surface area contributed by atoms with Crippen molar-refractivity contribution in [3.8, 4) is 11.3 Å². The standard InChI is InChI=1S/C24H22N4O4/c29-23-19(7-3-10-27(23)17-18-5-4-14-32-18)21-9-11-28(25-21)24(30)20-6-1-2-8-22(20)26-12-15-31-16-13-26/h1-11,14H,12-13,15-17H2. The number of carbonyl (C=O) groups excluding carboxylic acids is 1. The smallest absolute Gasteiger partial charge is 0.280 e. The fraction of sp³-hybridized carbons (Fsp3) is 0.208. The van der Waals surface area contributed by atoms with E-state index in [0.29, 0.717) is 42.3 Å². The van der Waals surface area contributed by atoms with Crippen molar-refractivity contribution in [2.24, 2.45) is 0 Å². The first-order chi connectivity index (χ1) is 15.7. The number of hydrogen-bond acceptors (Lipinski definition) is 6. The Kier molecular flexibility index (Phi) is 5.43. The third-order valence-corrected chi connectivity index (χ3v) is 5.49. The van der Waals surface area contributed by atoms with Gasteiger partial charge in [-0.05, 0) is 42.5 Å². The number of rotatable bonds is 5. The van der Waals surface area contributed by atoms with Crippen LogP contribution in [0.4, 0.5) is 5.69 Å². The number of aromatic nitrogens is 3. The molecule has 1 aliphatic rings. The average molecular weight is 430 g/mol. The van der Waals surface area contributed by atoms with Gasteiger partial charge in [0.05, 0.1) is 42.8 Å². The molecule has 3 aromatic heterocycles. The Bertz CT molecular complexity index is 1280. The summed E-state index contributed by atoms with van der Waals surface area (Å²) in [4.78, 5) is 28.4. The van der Waals surface area contributed by atoms with Crippen molar-refractivity contribution in [3.63, 3.8) is 0 Å². The van der Waals surface area contributed by atoms with Gasteiger partial charge in [0.15, 0.2) is 0 Å². The molecule has 0 unspecified atom stereocenters. The van der Waals surface area contributed by atoms with E-state index in [-0.39, 0.29) is 11.5 Å². The Morgan fingerprint density at radius 3 is 2.62 bits per heavy atom. The molecule has 0 atom stereocenters. The molecule has 8 nitrogen and oxygen atoms in total. The van der Waals surface area contributed by atoms with Gasteiger partial charge in [-0.25, -0.2) is 4.68 Å². The Morgan fingerprint density at radius 1 is 0.969 bits per heavy atom. The highest BCUT2D eigenvalue weighted by Gasteiger charge is 2.21. The summed E-state index contributed by atoms with van der Waals surface area (Å²) in [5.74, 6) is 0.440. The van der Waals surface area contributed by atoms with Gasteiger partial charge in [0.25, 0.3) is 11.5 Å². The van der Waals surface area contributed by atoms with Crippen molar-refractivity contribution >= 4 is 11.6 Å². The van der Waals surface area contributed by atoms with Crippen molar-refractivity contribution in [2.75, 3.05) is 31.2 Å². The molecule has 0 radical (unpaired) electrons. The molecule has 32 heavy (non-hydrogen) atoms. The third kappa shape index (κ3) is 3.88. The van der Waals surface area contributed by atoms with Gasteiger partial charge in [-0.2, -0.15) is 5.10 Å². The fourth-order valence-corrected chi connectivity index (χ4v) is 3.87. The monoisotopic (exact) mass is 430 g/mol. The van der Waals surface area contributed by atoms with Crippen molar-refractivity contribution in [1.82, 2.24) is 14.3 Å². The summed E-state index contributed by atoms with van der Waals surface area (Å²) in [7, 11) is 0. The predicted molar refractivity (Wildman–Crippen MR) is 119 cm³/mol. The number of ether oxygens (including phenoxy) is 1. The highest BCUT2D eigenvalue weighted by molar-refractivity contribution is 6.01. The number of carbonyl (C=O) groups is 1. The molecule has 0 bridgehead atoms. The lowest BCUT2D eigenvalue weighted by Crippen LogP contribution is -2.37. The van der Waals surface area contributed by atoms with Crippen LogP contribution in [0.1, 0.15) is 16.1 Å². The molecule has 4 aromatic rings. The molecule has 162 valence electrons. The molecular formula is C24H22N4O4. The number of anilines is 1. The van der Waals surface area contributed by atoms with Crippen LogP contribution in [0.3, 0.4) is 0 Å². The van der Waals surface area contributed by atoms with E-state index in [2.05, 4.69) is 10.00 Å². The second kappa shape index (κ2) is 8.68. The average Bonchev–Trinajstić information content (AvgIpc) is 3.53. The SMILES string of the molecule is O=C(c1ccccc1N1CCOCC1)n1ccc(-c2cccn(Cc3ccco3)c2=O)n1. The number of hydrogen-bond donors (Lipinski definition) is 0. The summed E-state index contributed by atoms with van der Waals surface area (Å²) in [6.07, 6.45) is 4.87. The third-order valence-electron chi connectivity index (χ3n) is 5.49. The number of morpholine rings is 1. The Morgan fingerprint density at radius 2 is 1.81 bits per heavy atom. The molecule has 0 aliphatic carbocycles. The summed E-state index contributed by atoms with van der Waals surface area (Å²) in [5.41, 5.74) is 2.09. The molecular weight excluding hydrogens is 408 g/mol. The van der Waals surface area contributed by atoms with Gasteiger partial charge in [0.1, 0.15) is 5.76 Å². The fourth-order valence-electron chi connectivity index (χ4n) is 3.87. The zero-order chi connectivity index (χ0) is 21.9. The Labute approximate surface area is 184 Å². The molecule has 0 N–H and O–H groups in total. The second-order valence-corrected chi connectivity index (χ2v) is 7.50. The van der Waals surface area contributed by atoms with E-state index in [1.807, 2.05) is 24.3 Å². The highest BCUT2D eigenvalue weighted by atomic mass is 16.5. The van der Waals surface area contributed by atoms with Crippen molar-refractivity contribution in [1.29, 1.82) is 0 Å². The van der Waals surface area contributed by atoms with Crippen LogP contribution in [0, 0.1) is 0 Å². The van der Waals surface area contributed by atoms with E-state index in [4.69, 9.17) is 9.15 Å². The largest absolute Gasteiger partial charge is 0.467 e. The molecule has 4 heterocycles. The topological polar surface area (TPSA) is 82.5 Å². The number of benzene rings is 1. The van der Waals surface area contributed by atoms with Crippen molar-refractivity contribution in [3.05, 3.63) is 94.9 Å². The lowest BCUT2D eigenvalue weighted by Gasteiger charge is -2.30.